The van der Waals surface area contributed by atoms with Gasteiger partial charge < -0.3 is 15.0 Å². The van der Waals surface area contributed by atoms with Crippen molar-refractivity contribution in [3.8, 4) is 0 Å². The fourth-order valence-corrected chi connectivity index (χ4v) is 4.41. The van der Waals surface area contributed by atoms with Crippen LogP contribution in [0.15, 0.2) is 47.1 Å². The minimum Gasteiger partial charge on any atom is -0.372 e. The molecular formula is C22H26BrN3O2. The zero-order valence-electron chi connectivity index (χ0n) is 16.3. The van der Waals surface area contributed by atoms with E-state index in [9.17, 15) is 4.79 Å². The molecule has 1 N–H and O–H groups in total. The van der Waals surface area contributed by atoms with Gasteiger partial charge in [0.2, 0.25) is 0 Å². The molecule has 1 aliphatic heterocycles. The molecule has 2 heterocycles. The predicted octanol–water partition coefficient (Wildman–Crippen LogP) is 4.27. The average Bonchev–Trinajstić information content (AvgIpc) is 2.65. The third-order valence-corrected chi connectivity index (χ3v) is 6.24. The van der Waals surface area contributed by atoms with Crippen LogP contribution in [-0.4, -0.2) is 36.2 Å². The molecule has 1 saturated heterocycles. The number of ether oxygens (including phenoxy) is 1. The second-order valence-corrected chi connectivity index (χ2v) is 8.88. The first kappa shape index (κ1) is 19.4. The monoisotopic (exact) mass is 443 g/mol. The molecule has 2 fully saturated rings. The highest BCUT2D eigenvalue weighted by Crippen LogP contribution is 2.41. The zero-order valence-corrected chi connectivity index (χ0v) is 17.9. The molecule has 5 nitrogen and oxygen atoms in total. The first-order chi connectivity index (χ1) is 13.4. The molecule has 2 unspecified atom stereocenters. The van der Waals surface area contributed by atoms with E-state index in [4.69, 9.17) is 4.74 Å². The molecule has 1 amide bonds. The predicted molar refractivity (Wildman–Crippen MR) is 114 cm³/mol. The summed E-state index contributed by atoms with van der Waals surface area (Å²) >= 11 is 3.48. The highest BCUT2D eigenvalue weighted by atomic mass is 79.9. The van der Waals surface area contributed by atoms with Crippen molar-refractivity contribution in [1.29, 1.82) is 0 Å². The largest absolute Gasteiger partial charge is 0.372 e. The molecule has 0 spiro atoms. The van der Waals surface area contributed by atoms with E-state index in [1.807, 2.05) is 24.3 Å². The number of morpholine rings is 1. The maximum Gasteiger partial charge on any atom is 0.253 e. The fourth-order valence-electron chi connectivity index (χ4n) is 4.15. The van der Waals surface area contributed by atoms with Crippen molar-refractivity contribution in [2.45, 2.75) is 50.9 Å². The molecule has 28 heavy (non-hydrogen) atoms. The molecule has 1 saturated carbocycles. The Morgan fingerprint density at radius 2 is 1.82 bits per heavy atom. The number of nitrogens with zero attached hydrogens (tertiary/aromatic N) is 2. The van der Waals surface area contributed by atoms with Crippen LogP contribution in [0, 0.1) is 0 Å². The minimum absolute atomic E-state index is 0.0645. The molecule has 1 aromatic carbocycles. The van der Waals surface area contributed by atoms with Gasteiger partial charge in [0, 0.05) is 23.8 Å². The van der Waals surface area contributed by atoms with Gasteiger partial charge in [-0.05, 0) is 62.9 Å². The highest BCUT2D eigenvalue weighted by molar-refractivity contribution is 9.10. The van der Waals surface area contributed by atoms with Gasteiger partial charge in [-0.25, -0.2) is 4.98 Å². The van der Waals surface area contributed by atoms with Crippen LogP contribution in [0.5, 0.6) is 0 Å². The van der Waals surface area contributed by atoms with Gasteiger partial charge in [0.15, 0.2) is 0 Å². The Kier molecular flexibility index (Phi) is 5.43. The van der Waals surface area contributed by atoms with Crippen LogP contribution < -0.4 is 10.2 Å². The maximum atomic E-state index is 12.9. The van der Waals surface area contributed by atoms with Crippen LogP contribution in [0.3, 0.4) is 0 Å². The summed E-state index contributed by atoms with van der Waals surface area (Å²) in [7, 11) is 0. The third kappa shape index (κ3) is 3.94. The van der Waals surface area contributed by atoms with Crippen molar-refractivity contribution in [2.24, 2.45) is 0 Å². The molecule has 148 valence electrons. The lowest BCUT2D eigenvalue weighted by atomic mass is 9.71. The summed E-state index contributed by atoms with van der Waals surface area (Å²) in [6.07, 6.45) is 5.10. The van der Waals surface area contributed by atoms with Gasteiger partial charge in [-0.1, -0.05) is 28.1 Å². The summed E-state index contributed by atoms with van der Waals surface area (Å²) in [6.45, 7) is 5.78. The number of carbonyl (C=O) groups is 1. The van der Waals surface area contributed by atoms with Gasteiger partial charge in [-0.3, -0.25) is 4.79 Å². The average molecular weight is 444 g/mol. The van der Waals surface area contributed by atoms with Gasteiger partial charge in [0.1, 0.15) is 5.82 Å². The van der Waals surface area contributed by atoms with Gasteiger partial charge in [-0.2, -0.15) is 0 Å². The first-order valence-electron chi connectivity index (χ1n) is 9.90. The molecule has 2 aromatic rings. The summed E-state index contributed by atoms with van der Waals surface area (Å²) < 4.78 is 6.83. The standard InChI is InChI=1S/C22H26BrN3O2/c1-15-13-26(14-16(2)28-15)20-9-4-17(12-24-20)21(27)25-22(10-3-11-22)18-5-7-19(23)8-6-18/h4-9,12,15-16H,3,10-11,13-14H2,1-2H3,(H,25,27). The van der Waals surface area contributed by atoms with E-state index in [1.54, 1.807) is 6.20 Å². The Morgan fingerprint density at radius 3 is 2.36 bits per heavy atom. The highest BCUT2D eigenvalue weighted by Gasteiger charge is 2.40. The number of hydrogen-bond acceptors (Lipinski definition) is 4. The SMILES string of the molecule is CC1CN(c2ccc(C(=O)NC3(c4ccc(Br)cc4)CCC3)cn2)CC(C)O1. The smallest absolute Gasteiger partial charge is 0.253 e. The number of aromatic nitrogens is 1. The lowest BCUT2D eigenvalue weighted by Crippen LogP contribution is -2.50. The first-order valence-corrected chi connectivity index (χ1v) is 10.7. The van der Waals surface area contributed by atoms with Gasteiger partial charge in [-0.15, -0.1) is 0 Å². The summed E-state index contributed by atoms with van der Waals surface area (Å²) in [5, 5.41) is 3.27. The van der Waals surface area contributed by atoms with Crippen molar-refractivity contribution in [2.75, 3.05) is 18.0 Å². The molecule has 4 rings (SSSR count). The molecule has 0 bridgehead atoms. The number of benzene rings is 1. The van der Waals surface area contributed by atoms with E-state index in [2.05, 4.69) is 57.1 Å². The van der Waals surface area contributed by atoms with Crippen LogP contribution >= 0.6 is 15.9 Å². The lowest BCUT2D eigenvalue weighted by Gasteiger charge is -2.43. The van der Waals surface area contributed by atoms with Crippen molar-refractivity contribution < 1.29 is 9.53 Å². The summed E-state index contributed by atoms with van der Waals surface area (Å²) in [6, 6.07) is 12.0. The van der Waals surface area contributed by atoms with E-state index < -0.39 is 0 Å². The van der Waals surface area contributed by atoms with E-state index in [-0.39, 0.29) is 23.7 Å². The number of nitrogens with one attached hydrogen (secondary N) is 1. The Bertz CT molecular complexity index is 824. The fraction of sp³-hybridized carbons (Fsp3) is 0.455. The number of anilines is 1. The van der Waals surface area contributed by atoms with Crippen molar-refractivity contribution in [3.05, 3.63) is 58.2 Å². The van der Waals surface area contributed by atoms with Crippen molar-refractivity contribution in [1.82, 2.24) is 10.3 Å². The molecule has 6 heteroatoms. The normalized spacial score (nSPS) is 23.8. The number of pyridine rings is 1. The molecular weight excluding hydrogens is 418 g/mol. The number of rotatable bonds is 4. The Balaban J connectivity index is 1.47. The molecule has 0 radical (unpaired) electrons. The Hall–Kier alpha value is -1.92. The number of hydrogen-bond donors (Lipinski definition) is 1. The van der Waals surface area contributed by atoms with Gasteiger partial charge >= 0.3 is 0 Å². The molecule has 2 atom stereocenters. The summed E-state index contributed by atoms with van der Waals surface area (Å²) in [5.74, 6) is 0.829. The maximum absolute atomic E-state index is 12.9. The van der Waals surface area contributed by atoms with Crippen LogP contribution in [-0.2, 0) is 10.3 Å². The van der Waals surface area contributed by atoms with E-state index >= 15 is 0 Å². The third-order valence-electron chi connectivity index (χ3n) is 5.71. The zero-order chi connectivity index (χ0) is 19.7. The second kappa shape index (κ2) is 7.84. The van der Waals surface area contributed by atoms with E-state index in [1.165, 1.54) is 0 Å². The van der Waals surface area contributed by atoms with E-state index in [0.29, 0.717) is 5.56 Å². The Labute approximate surface area is 174 Å². The summed E-state index contributed by atoms with van der Waals surface area (Å²) in [5.41, 5.74) is 1.50. The van der Waals surface area contributed by atoms with Crippen LogP contribution in [0.25, 0.3) is 0 Å². The Morgan fingerprint density at radius 1 is 1.14 bits per heavy atom. The molecule has 1 aliphatic carbocycles. The number of halogens is 1. The molecule has 1 aromatic heterocycles. The molecule has 2 aliphatic rings. The van der Waals surface area contributed by atoms with Crippen molar-refractivity contribution >= 4 is 27.7 Å². The number of amides is 1. The van der Waals surface area contributed by atoms with Crippen LogP contribution in [0.2, 0.25) is 0 Å². The topological polar surface area (TPSA) is 54.5 Å². The van der Waals surface area contributed by atoms with E-state index in [0.717, 1.165) is 48.2 Å². The minimum atomic E-state index is -0.258. The lowest BCUT2D eigenvalue weighted by molar-refractivity contribution is -0.00546. The number of carbonyl (C=O) groups excluding carboxylic acids is 1. The van der Waals surface area contributed by atoms with Crippen LogP contribution in [0.4, 0.5) is 5.82 Å². The second-order valence-electron chi connectivity index (χ2n) is 7.96. The van der Waals surface area contributed by atoms with Crippen LogP contribution in [0.1, 0.15) is 49.0 Å². The van der Waals surface area contributed by atoms with Gasteiger partial charge in [0.05, 0.1) is 23.3 Å². The summed E-state index contributed by atoms with van der Waals surface area (Å²) in [4.78, 5) is 19.7. The quantitative estimate of drug-likeness (QED) is 0.766. The van der Waals surface area contributed by atoms with Crippen molar-refractivity contribution in [3.63, 3.8) is 0 Å². The van der Waals surface area contributed by atoms with Gasteiger partial charge in [0.25, 0.3) is 5.91 Å².